The molecule has 0 bridgehead atoms. The van der Waals surface area contributed by atoms with Crippen LogP contribution in [0.1, 0.15) is 10.4 Å². The Labute approximate surface area is 97.4 Å². The van der Waals surface area contributed by atoms with E-state index in [1.54, 1.807) is 0 Å². The summed E-state index contributed by atoms with van der Waals surface area (Å²) in [5, 5.41) is 38.8. The minimum Gasteiger partial charge on any atom is -0.478 e. The van der Waals surface area contributed by atoms with Gasteiger partial charge in [-0.2, -0.15) is 0 Å². The van der Waals surface area contributed by atoms with Crippen LogP contribution in [0.15, 0.2) is 18.3 Å². The zero-order chi connectivity index (χ0) is 12.9. The topological polar surface area (TPSA) is 123 Å². The van der Waals surface area contributed by atoms with Crippen LogP contribution >= 0.6 is 0 Å². The van der Waals surface area contributed by atoms with Crippen molar-refractivity contribution in [3.05, 3.63) is 23.9 Å². The molecule has 0 saturated carbocycles. The van der Waals surface area contributed by atoms with Crippen molar-refractivity contribution in [2.24, 2.45) is 0 Å². The first-order valence-electron chi connectivity index (χ1n) is 4.87. The van der Waals surface area contributed by atoms with Gasteiger partial charge in [0.15, 0.2) is 0 Å². The summed E-state index contributed by atoms with van der Waals surface area (Å²) in [6.45, 7) is -1.68. The summed E-state index contributed by atoms with van der Waals surface area (Å²) in [5.74, 6) is -1.21. The standard InChI is InChI=1S/C10H14N2O5/c13-4-10(5-14,6-15)12-8-7(9(16)17)2-1-3-11-8/h1-3,13-15H,4-6H2,(H,11,12)(H,16,17). The smallest absolute Gasteiger partial charge is 0.339 e. The third kappa shape index (κ3) is 2.90. The average Bonchev–Trinajstić information content (AvgIpc) is 2.36. The van der Waals surface area contributed by atoms with E-state index in [2.05, 4.69) is 10.3 Å². The minimum absolute atomic E-state index is 0.0165. The number of pyridine rings is 1. The number of aromatic carboxylic acids is 1. The molecule has 0 aromatic carbocycles. The molecule has 5 N–H and O–H groups in total. The van der Waals surface area contributed by atoms with Gasteiger partial charge in [-0.25, -0.2) is 9.78 Å². The number of aliphatic hydroxyl groups is 3. The maximum atomic E-state index is 10.9. The fourth-order valence-electron chi connectivity index (χ4n) is 1.20. The lowest BCUT2D eigenvalue weighted by molar-refractivity contribution is 0.0691. The summed E-state index contributed by atoms with van der Waals surface area (Å²) in [5.41, 5.74) is -1.51. The molecule has 0 saturated heterocycles. The van der Waals surface area contributed by atoms with E-state index in [1.807, 2.05) is 0 Å². The molecule has 0 fully saturated rings. The van der Waals surface area contributed by atoms with Crippen LogP contribution in [0.3, 0.4) is 0 Å². The van der Waals surface area contributed by atoms with E-state index in [0.29, 0.717) is 0 Å². The van der Waals surface area contributed by atoms with Gasteiger partial charge >= 0.3 is 5.97 Å². The van der Waals surface area contributed by atoms with Crippen LogP contribution in [0.4, 0.5) is 5.82 Å². The van der Waals surface area contributed by atoms with Crippen LogP contribution in [-0.4, -0.2) is 56.7 Å². The number of anilines is 1. The van der Waals surface area contributed by atoms with Crippen LogP contribution in [0.5, 0.6) is 0 Å². The number of hydrogen-bond donors (Lipinski definition) is 5. The maximum Gasteiger partial charge on any atom is 0.339 e. The lowest BCUT2D eigenvalue weighted by Gasteiger charge is -2.29. The van der Waals surface area contributed by atoms with Gasteiger partial charge in [0.2, 0.25) is 0 Å². The molecule has 0 spiro atoms. The number of nitrogens with one attached hydrogen (secondary N) is 1. The Morgan fingerprint density at radius 3 is 2.35 bits per heavy atom. The lowest BCUT2D eigenvalue weighted by atomic mass is 10.0. The molecule has 0 aliphatic carbocycles. The Kier molecular flexibility index (Phi) is 4.38. The summed E-state index contributed by atoms with van der Waals surface area (Å²) >= 11 is 0. The molecular weight excluding hydrogens is 228 g/mol. The van der Waals surface area contributed by atoms with E-state index in [9.17, 15) is 4.79 Å². The van der Waals surface area contributed by atoms with Crippen molar-refractivity contribution < 1.29 is 25.2 Å². The highest BCUT2D eigenvalue weighted by molar-refractivity contribution is 5.93. The Morgan fingerprint density at radius 2 is 1.88 bits per heavy atom. The normalized spacial score (nSPS) is 11.2. The van der Waals surface area contributed by atoms with Gasteiger partial charge in [0.05, 0.1) is 19.8 Å². The van der Waals surface area contributed by atoms with Crippen molar-refractivity contribution in [3.8, 4) is 0 Å². The molecule has 0 atom stereocenters. The highest BCUT2D eigenvalue weighted by Crippen LogP contribution is 2.17. The van der Waals surface area contributed by atoms with E-state index in [1.165, 1.54) is 18.3 Å². The van der Waals surface area contributed by atoms with Gasteiger partial charge in [-0.15, -0.1) is 0 Å². The predicted octanol–water partition coefficient (Wildman–Crippen LogP) is -1.09. The second-order valence-electron chi connectivity index (χ2n) is 3.58. The van der Waals surface area contributed by atoms with Gasteiger partial charge < -0.3 is 25.7 Å². The van der Waals surface area contributed by atoms with Gasteiger partial charge in [0.25, 0.3) is 0 Å². The summed E-state index contributed by atoms with van der Waals surface area (Å²) in [6, 6.07) is 2.78. The first-order valence-corrected chi connectivity index (χ1v) is 4.87. The number of hydrogen-bond acceptors (Lipinski definition) is 6. The molecule has 7 heteroatoms. The monoisotopic (exact) mass is 242 g/mol. The maximum absolute atomic E-state index is 10.9. The second kappa shape index (κ2) is 5.58. The Morgan fingerprint density at radius 1 is 1.29 bits per heavy atom. The predicted molar refractivity (Wildman–Crippen MR) is 58.8 cm³/mol. The molecule has 17 heavy (non-hydrogen) atoms. The van der Waals surface area contributed by atoms with E-state index in [4.69, 9.17) is 20.4 Å². The van der Waals surface area contributed by atoms with Crippen molar-refractivity contribution in [2.75, 3.05) is 25.1 Å². The number of aliphatic hydroxyl groups excluding tert-OH is 3. The van der Waals surface area contributed by atoms with E-state index in [-0.39, 0.29) is 11.4 Å². The Bertz CT molecular complexity index is 384. The van der Waals surface area contributed by atoms with E-state index >= 15 is 0 Å². The molecule has 0 unspecified atom stereocenters. The van der Waals surface area contributed by atoms with Crippen LogP contribution in [0.25, 0.3) is 0 Å². The molecule has 0 amide bonds. The van der Waals surface area contributed by atoms with Crippen molar-refractivity contribution in [1.82, 2.24) is 4.98 Å². The van der Waals surface area contributed by atoms with Gasteiger partial charge in [0, 0.05) is 6.20 Å². The molecular formula is C10H14N2O5. The molecule has 7 nitrogen and oxygen atoms in total. The third-order valence-electron chi connectivity index (χ3n) is 2.33. The van der Waals surface area contributed by atoms with Crippen molar-refractivity contribution in [3.63, 3.8) is 0 Å². The lowest BCUT2D eigenvalue weighted by Crippen LogP contribution is -2.49. The van der Waals surface area contributed by atoms with Crippen molar-refractivity contribution >= 4 is 11.8 Å². The number of aromatic nitrogens is 1. The zero-order valence-electron chi connectivity index (χ0n) is 9.00. The van der Waals surface area contributed by atoms with Crippen LogP contribution in [0.2, 0.25) is 0 Å². The quantitative estimate of drug-likeness (QED) is 0.429. The molecule has 0 radical (unpaired) electrons. The molecule has 1 heterocycles. The van der Waals surface area contributed by atoms with Crippen molar-refractivity contribution in [1.29, 1.82) is 0 Å². The highest BCUT2D eigenvalue weighted by atomic mass is 16.4. The summed E-state index contributed by atoms with van der Waals surface area (Å²) < 4.78 is 0. The number of carboxylic acids is 1. The zero-order valence-corrected chi connectivity index (χ0v) is 9.00. The van der Waals surface area contributed by atoms with Gasteiger partial charge in [-0.3, -0.25) is 0 Å². The summed E-state index contributed by atoms with van der Waals surface area (Å²) in [6.07, 6.45) is 1.37. The Balaban J connectivity index is 3.05. The number of rotatable bonds is 6. The van der Waals surface area contributed by atoms with Gasteiger partial charge in [-0.05, 0) is 12.1 Å². The molecule has 1 aromatic rings. The highest BCUT2D eigenvalue weighted by Gasteiger charge is 2.29. The van der Waals surface area contributed by atoms with Crippen LogP contribution < -0.4 is 5.32 Å². The third-order valence-corrected chi connectivity index (χ3v) is 2.33. The largest absolute Gasteiger partial charge is 0.478 e. The molecule has 0 aliphatic heterocycles. The van der Waals surface area contributed by atoms with Crippen molar-refractivity contribution in [2.45, 2.75) is 5.54 Å². The fourth-order valence-corrected chi connectivity index (χ4v) is 1.20. The van der Waals surface area contributed by atoms with E-state index in [0.717, 1.165) is 0 Å². The molecule has 94 valence electrons. The number of carboxylic acid groups (broad SMARTS) is 1. The first-order chi connectivity index (χ1) is 8.08. The molecule has 0 aliphatic rings. The number of carbonyl (C=O) groups is 1. The van der Waals surface area contributed by atoms with Crippen LogP contribution in [0, 0.1) is 0 Å². The minimum atomic E-state index is -1.40. The van der Waals surface area contributed by atoms with Gasteiger partial charge in [-0.1, -0.05) is 0 Å². The van der Waals surface area contributed by atoms with Gasteiger partial charge in [0.1, 0.15) is 16.9 Å². The second-order valence-corrected chi connectivity index (χ2v) is 3.58. The van der Waals surface area contributed by atoms with Crippen LogP contribution in [-0.2, 0) is 0 Å². The fraction of sp³-hybridized carbons (Fsp3) is 0.400. The molecule has 1 aromatic heterocycles. The summed E-state index contributed by atoms with van der Waals surface area (Å²) in [7, 11) is 0. The molecule has 1 rings (SSSR count). The Hall–Kier alpha value is -1.70. The van der Waals surface area contributed by atoms with E-state index < -0.39 is 31.3 Å². The number of nitrogens with zero attached hydrogens (tertiary/aromatic N) is 1. The first kappa shape index (κ1) is 13.4. The average molecular weight is 242 g/mol. The SMILES string of the molecule is O=C(O)c1cccnc1NC(CO)(CO)CO. The summed E-state index contributed by atoms with van der Waals surface area (Å²) in [4.78, 5) is 14.7.